The van der Waals surface area contributed by atoms with Crippen LogP contribution in [-0.2, 0) is 6.54 Å². The van der Waals surface area contributed by atoms with Gasteiger partial charge in [0.25, 0.3) is 5.56 Å². The van der Waals surface area contributed by atoms with Crippen molar-refractivity contribution in [2.45, 2.75) is 38.6 Å². The van der Waals surface area contributed by atoms with Crippen molar-refractivity contribution in [1.82, 2.24) is 24.2 Å². The summed E-state index contributed by atoms with van der Waals surface area (Å²) in [6.45, 7) is 0.592. The smallest absolute Gasteiger partial charge is 0.265 e. The van der Waals surface area contributed by atoms with Crippen LogP contribution in [0.5, 0.6) is 5.75 Å². The molecule has 3 heterocycles. The van der Waals surface area contributed by atoms with Gasteiger partial charge >= 0.3 is 0 Å². The van der Waals surface area contributed by atoms with Crippen molar-refractivity contribution >= 4 is 39.4 Å². The molecule has 3 aromatic heterocycles. The van der Waals surface area contributed by atoms with Crippen LogP contribution in [0, 0.1) is 0 Å². The number of nitrogens with zero attached hydrogens (tertiary/aromatic N) is 6. The zero-order valence-electron chi connectivity index (χ0n) is 20.1. The molecule has 1 aliphatic rings. The molecule has 5 aromatic rings. The number of rotatable bonds is 6. The Labute approximate surface area is 207 Å². The van der Waals surface area contributed by atoms with Crippen LogP contribution in [0.3, 0.4) is 0 Å². The van der Waals surface area contributed by atoms with E-state index in [0.717, 1.165) is 41.6 Å². The maximum absolute atomic E-state index is 13.7. The number of benzene rings is 2. The van der Waals surface area contributed by atoms with Crippen molar-refractivity contribution in [2.75, 3.05) is 7.11 Å². The van der Waals surface area contributed by atoms with Crippen molar-refractivity contribution in [3.05, 3.63) is 82.4 Å². The molecule has 0 unspecified atom stereocenters. The van der Waals surface area contributed by atoms with Crippen molar-refractivity contribution < 1.29 is 4.74 Å². The third-order valence-corrected chi connectivity index (χ3v) is 6.68. The standard InChI is InChI=1S/C28H26N6O2/c1-36-21-11-7-10-20(16-21)17-30-34-26-24(25-27(34)32-23-13-6-5-12-22(23)31-25)28(35)33(18-29-26)15-14-19-8-3-2-4-9-19/h5-8,10-13,16-18H,2-4,9,14-15H2,1H3/b30-17+. The number of fused-ring (bicyclic) bond motifs is 4. The summed E-state index contributed by atoms with van der Waals surface area (Å²) >= 11 is 0. The zero-order chi connectivity index (χ0) is 24.5. The minimum atomic E-state index is -0.124. The number of ether oxygens (including phenoxy) is 1. The maximum Gasteiger partial charge on any atom is 0.265 e. The second-order valence-corrected chi connectivity index (χ2v) is 9.02. The minimum absolute atomic E-state index is 0.124. The molecule has 1 aliphatic carbocycles. The molecule has 2 aromatic carbocycles. The number of hydrogen-bond donors (Lipinski definition) is 0. The van der Waals surface area contributed by atoms with Crippen LogP contribution in [0.1, 0.15) is 37.7 Å². The summed E-state index contributed by atoms with van der Waals surface area (Å²) in [5, 5.41) is 5.12. The lowest BCUT2D eigenvalue weighted by molar-refractivity contribution is 0.415. The highest BCUT2D eigenvalue weighted by Crippen LogP contribution is 2.25. The molecule has 180 valence electrons. The zero-order valence-corrected chi connectivity index (χ0v) is 20.1. The SMILES string of the molecule is COc1cccc(/C=N/n2c3nc4ccccc4nc3c3c(=O)n(CCC4=CCCCC4)cnc32)c1. The number of para-hydroxylation sites is 2. The van der Waals surface area contributed by atoms with Crippen LogP contribution in [-0.4, -0.2) is 37.5 Å². The van der Waals surface area contributed by atoms with Gasteiger partial charge < -0.3 is 4.74 Å². The van der Waals surface area contributed by atoms with E-state index < -0.39 is 0 Å². The van der Waals surface area contributed by atoms with E-state index in [1.807, 2.05) is 48.5 Å². The first-order valence-corrected chi connectivity index (χ1v) is 12.2. The molecule has 8 heteroatoms. The van der Waals surface area contributed by atoms with Crippen LogP contribution in [0.2, 0.25) is 0 Å². The van der Waals surface area contributed by atoms with E-state index in [0.29, 0.717) is 28.7 Å². The van der Waals surface area contributed by atoms with Gasteiger partial charge in [0.05, 0.1) is 30.7 Å². The van der Waals surface area contributed by atoms with Gasteiger partial charge in [-0.1, -0.05) is 35.9 Å². The van der Waals surface area contributed by atoms with Gasteiger partial charge in [0.1, 0.15) is 16.7 Å². The van der Waals surface area contributed by atoms with E-state index in [9.17, 15) is 4.79 Å². The fourth-order valence-corrected chi connectivity index (χ4v) is 4.77. The van der Waals surface area contributed by atoms with E-state index in [1.165, 1.54) is 18.4 Å². The van der Waals surface area contributed by atoms with Crippen molar-refractivity contribution in [1.29, 1.82) is 0 Å². The first kappa shape index (κ1) is 22.2. The van der Waals surface area contributed by atoms with Gasteiger partial charge in [-0.3, -0.25) is 9.36 Å². The molecule has 0 atom stereocenters. The lowest BCUT2D eigenvalue weighted by Crippen LogP contribution is -2.21. The van der Waals surface area contributed by atoms with Gasteiger partial charge in [0, 0.05) is 6.54 Å². The molecule has 0 bridgehead atoms. The fraction of sp³-hybridized carbons (Fsp3) is 0.250. The van der Waals surface area contributed by atoms with E-state index in [-0.39, 0.29) is 5.56 Å². The summed E-state index contributed by atoms with van der Waals surface area (Å²) in [6.07, 6.45) is 11.2. The van der Waals surface area contributed by atoms with E-state index in [2.05, 4.69) is 16.2 Å². The highest BCUT2D eigenvalue weighted by molar-refractivity contribution is 6.04. The van der Waals surface area contributed by atoms with E-state index in [4.69, 9.17) is 14.7 Å². The molecule has 0 saturated heterocycles. The number of methoxy groups -OCH3 is 1. The predicted octanol–water partition coefficient (Wildman–Crippen LogP) is 5.08. The fourth-order valence-electron chi connectivity index (χ4n) is 4.77. The molecule has 6 rings (SSSR count). The van der Waals surface area contributed by atoms with Gasteiger partial charge in [-0.05, 0) is 61.9 Å². The van der Waals surface area contributed by atoms with Gasteiger partial charge in [0.2, 0.25) is 0 Å². The average molecular weight is 479 g/mol. The van der Waals surface area contributed by atoms with E-state index in [1.54, 1.807) is 28.9 Å². The maximum atomic E-state index is 13.7. The quantitative estimate of drug-likeness (QED) is 0.251. The molecular weight excluding hydrogens is 452 g/mol. The molecule has 0 fully saturated rings. The van der Waals surface area contributed by atoms with Crippen LogP contribution < -0.4 is 10.3 Å². The third kappa shape index (κ3) is 4.04. The molecule has 0 N–H and O–H groups in total. The summed E-state index contributed by atoms with van der Waals surface area (Å²) < 4.78 is 8.62. The topological polar surface area (TPSA) is 87.2 Å². The molecule has 8 nitrogen and oxygen atoms in total. The molecular formula is C28H26N6O2. The molecule has 0 amide bonds. The molecule has 0 radical (unpaired) electrons. The second kappa shape index (κ2) is 9.37. The van der Waals surface area contributed by atoms with Crippen molar-refractivity contribution in [3.8, 4) is 5.75 Å². The third-order valence-electron chi connectivity index (χ3n) is 6.68. The van der Waals surface area contributed by atoms with Crippen LogP contribution in [0.25, 0.3) is 33.2 Å². The average Bonchev–Trinajstić information content (AvgIpc) is 3.23. The summed E-state index contributed by atoms with van der Waals surface area (Å²) in [7, 11) is 1.63. The first-order valence-electron chi connectivity index (χ1n) is 12.2. The Hall–Kier alpha value is -4.33. The Morgan fingerprint density at radius 3 is 2.72 bits per heavy atom. The van der Waals surface area contributed by atoms with Crippen molar-refractivity contribution in [2.24, 2.45) is 5.10 Å². The van der Waals surface area contributed by atoms with Crippen LogP contribution in [0.4, 0.5) is 0 Å². The molecule has 36 heavy (non-hydrogen) atoms. The Bertz CT molecular complexity index is 1710. The Kier molecular flexibility index (Phi) is 5.77. The number of hydrogen-bond acceptors (Lipinski definition) is 6. The second-order valence-electron chi connectivity index (χ2n) is 9.02. The van der Waals surface area contributed by atoms with Gasteiger partial charge in [-0.15, -0.1) is 0 Å². The Morgan fingerprint density at radius 1 is 1.06 bits per heavy atom. The lowest BCUT2D eigenvalue weighted by atomic mass is 9.97. The molecule has 0 spiro atoms. The first-order chi connectivity index (χ1) is 17.7. The Balaban J connectivity index is 1.51. The van der Waals surface area contributed by atoms with Crippen molar-refractivity contribution in [3.63, 3.8) is 0 Å². The van der Waals surface area contributed by atoms with Gasteiger partial charge in [0.15, 0.2) is 11.3 Å². The summed E-state index contributed by atoms with van der Waals surface area (Å²) in [4.78, 5) is 28.0. The highest BCUT2D eigenvalue weighted by atomic mass is 16.5. The number of aryl methyl sites for hydroxylation is 1. The monoisotopic (exact) mass is 478 g/mol. The van der Waals surface area contributed by atoms with Crippen LogP contribution in [0.15, 0.2) is 76.4 Å². The van der Waals surface area contributed by atoms with Gasteiger partial charge in [-0.2, -0.15) is 9.78 Å². The minimum Gasteiger partial charge on any atom is -0.497 e. The number of allylic oxidation sites excluding steroid dienone is 2. The Morgan fingerprint density at radius 2 is 1.92 bits per heavy atom. The normalized spacial score (nSPS) is 14.2. The summed E-state index contributed by atoms with van der Waals surface area (Å²) in [5.74, 6) is 0.737. The predicted molar refractivity (Wildman–Crippen MR) is 142 cm³/mol. The summed E-state index contributed by atoms with van der Waals surface area (Å²) in [6, 6.07) is 15.2. The number of aromatic nitrogens is 5. The van der Waals surface area contributed by atoms with Gasteiger partial charge in [-0.25, -0.2) is 15.0 Å². The van der Waals surface area contributed by atoms with Crippen LogP contribution >= 0.6 is 0 Å². The lowest BCUT2D eigenvalue weighted by Gasteiger charge is -2.13. The van der Waals surface area contributed by atoms with E-state index >= 15 is 0 Å². The largest absolute Gasteiger partial charge is 0.497 e. The molecule has 0 aliphatic heterocycles. The summed E-state index contributed by atoms with van der Waals surface area (Å²) in [5.41, 5.74) is 5.06. The molecule has 0 saturated carbocycles. The highest BCUT2D eigenvalue weighted by Gasteiger charge is 2.20.